The molecular formula is C26H28N4O3. The summed E-state index contributed by atoms with van der Waals surface area (Å²) in [5.74, 6) is -0.820. The lowest BCUT2D eigenvalue weighted by Gasteiger charge is -2.33. The lowest BCUT2D eigenvalue weighted by Crippen LogP contribution is -2.39. The first-order valence-corrected chi connectivity index (χ1v) is 11.1. The molecule has 1 saturated heterocycles. The minimum absolute atomic E-state index is 0.0902. The van der Waals surface area contributed by atoms with E-state index in [2.05, 4.69) is 10.2 Å². The van der Waals surface area contributed by atoms with E-state index < -0.39 is 5.91 Å². The number of carbonyl (C=O) groups is 2. The Morgan fingerprint density at radius 3 is 2.52 bits per heavy atom. The number of nitrogens with zero attached hydrogens (tertiary/aromatic N) is 2. The number of hydrogen-bond acceptors (Lipinski definition) is 4. The third-order valence-electron chi connectivity index (χ3n) is 6.09. The first-order chi connectivity index (χ1) is 15.9. The van der Waals surface area contributed by atoms with Crippen LogP contribution in [0.5, 0.6) is 0 Å². The Hall–Kier alpha value is -3.87. The molecule has 0 radical (unpaired) electrons. The SMILES string of the molecule is Cc1cccc(Cn2cccc(C(=O)Nc3ccccc3N3CCC(C(N)=O)CC3)c2=O)c1. The third-order valence-corrected chi connectivity index (χ3v) is 6.09. The Kier molecular flexibility index (Phi) is 6.58. The highest BCUT2D eigenvalue weighted by Crippen LogP contribution is 2.30. The van der Waals surface area contributed by atoms with Crippen molar-refractivity contribution in [3.63, 3.8) is 0 Å². The van der Waals surface area contributed by atoms with Gasteiger partial charge in [0, 0.05) is 25.2 Å². The molecule has 3 aromatic rings. The molecular weight excluding hydrogens is 416 g/mol. The molecule has 1 fully saturated rings. The number of aryl methyl sites for hydroxylation is 1. The summed E-state index contributed by atoms with van der Waals surface area (Å²) in [6, 6.07) is 18.7. The van der Waals surface area contributed by atoms with E-state index in [0.717, 1.165) is 16.8 Å². The van der Waals surface area contributed by atoms with Gasteiger partial charge in [-0.25, -0.2) is 0 Å². The number of benzene rings is 2. The summed E-state index contributed by atoms with van der Waals surface area (Å²) in [6.07, 6.45) is 3.05. The summed E-state index contributed by atoms with van der Waals surface area (Å²) in [5, 5.41) is 2.91. The minimum Gasteiger partial charge on any atom is -0.370 e. The van der Waals surface area contributed by atoms with Gasteiger partial charge in [0.25, 0.3) is 11.5 Å². The maximum Gasteiger partial charge on any atom is 0.263 e. The molecule has 0 spiro atoms. The second-order valence-corrected chi connectivity index (χ2v) is 8.48. The number of aromatic nitrogens is 1. The van der Waals surface area contributed by atoms with E-state index >= 15 is 0 Å². The zero-order chi connectivity index (χ0) is 23.4. The molecule has 0 unspecified atom stereocenters. The van der Waals surface area contributed by atoms with E-state index in [1.54, 1.807) is 22.9 Å². The van der Waals surface area contributed by atoms with Gasteiger partial charge in [0.1, 0.15) is 5.56 Å². The summed E-state index contributed by atoms with van der Waals surface area (Å²) >= 11 is 0. The molecule has 0 aliphatic carbocycles. The fourth-order valence-electron chi connectivity index (χ4n) is 4.29. The predicted octanol–water partition coefficient (Wildman–Crippen LogP) is 3.16. The largest absolute Gasteiger partial charge is 0.370 e. The smallest absolute Gasteiger partial charge is 0.263 e. The molecule has 0 saturated carbocycles. The van der Waals surface area contributed by atoms with Gasteiger partial charge in [-0.2, -0.15) is 0 Å². The molecule has 4 rings (SSSR count). The summed E-state index contributed by atoms with van der Waals surface area (Å²) in [7, 11) is 0. The summed E-state index contributed by atoms with van der Waals surface area (Å²) in [4.78, 5) is 39.7. The zero-order valence-corrected chi connectivity index (χ0v) is 18.7. The van der Waals surface area contributed by atoms with Crippen molar-refractivity contribution < 1.29 is 9.59 Å². The molecule has 1 aromatic heterocycles. The van der Waals surface area contributed by atoms with Crippen molar-refractivity contribution in [3.8, 4) is 0 Å². The summed E-state index contributed by atoms with van der Waals surface area (Å²) in [6.45, 7) is 3.75. The van der Waals surface area contributed by atoms with Crippen molar-refractivity contribution in [1.29, 1.82) is 0 Å². The van der Waals surface area contributed by atoms with E-state index in [0.29, 0.717) is 38.2 Å². The number of nitrogens with two attached hydrogens (primary N) is 1. The van der Waals surface area contributed by atoms with Crippen LogP contribution in [0.4, 0.5) is 11.4 Å². The molecule has 1 aliphatic rings. The van der Waals surface area contributed by atoms with Crippen LogP contribution in [0.3, 0.4) is 0 Å². The minimum atomic E-state index is -0.446. The van der Waals surface area contributed by atoms with Crippen LogP contribution in [-0.4, -0.2) is 29.5 Å². The summed E-state index contributed by atoms with van der Waals surface area (Å²) in [5.41, 5.74) is 8.82. The molecule has 1 aliphatic heterocycles. The van der Waals surface area contributed by atoms with Gasteiger partial charge in [-0.1, -0.05) is 42.0 Å². The van der Waals surface area contributed by atoms with Crippen LogP contribution in [0.1, 0.15) is 34.3 Å². The fraction of sp³-hybridized carbons (Fsp3) is 0.269. The highest BCUT2D eigenvalue weighted by molar-refractivity contribution is 6.05. The molecule has 170 valence electrons. The van der Waals surface area contributed by atoms with Crippen LogP contribution in [-0.2, 0) is 11.3 Å². The molecule has 7 nitrogen and oxygen atoms in total. The van der Waals surface area contributed by atoms with E-state index in [9.17, 15) is 14.4 Å². The van der Waals surface area contributed by atoms with Crippen LogP contribution in [0, 0.1) is 12.8 Å². The average Bonchev–Trinajstić information content (AvgIpc) is 2.81. The Balaban J connectivity index is 1.53. The number of primary amides is 1. The first-order valence-electron chi connectivity index (χ1n) is 11.1. The number of amides is 2. The van der Waals surface area contributed by atoms with Crippen molar-refractivity contribution in [3.05, 3.63) is 93.9 Å². The molecule has 7 heteroatoms. The van der Waals surface area contributed by atoms with E-state index in [4.69, 9.17) is 5.73 Å². The zero-order valence-electron chi connectivity index (χ0n) is 18.7. The van der Waals surface area contributed by atoms with E-state index in [1.807, 2.05) is 55.5 Å². The van der Waals surface area contributed by atoms with Crippen LogP contribution < -0.4 is 21.5 Å². The number of anilines is 2. The number of nitrogens with one attached hydrogen (secondary N) is 1. The van der Waals surface area contributed by atoms with Crippen molar-refractivity contribution in [2.75, 3.05) is 23.3 Å². The van der Waals surface area contributed by atoms with Gasteiger partial charge < -0.3 is 20.5 Å². The first kappa shape index (κ1) is 22.3. The topological polar surface area (TPSA) is 97.4 Å². The normalized spacial score (nSPS) is 14.2. The lowest BCUT2D eigenvalue weighted by atomic mass is 9.96. The Morgan fingerprint density at radius 2 is 1.79 bits per heavy atom. The average molecular weight is 445 g/mol. The Morgan fingerprint density at radius 1 is 1.03 bits per heavy atom. The van der Waals surface area contributed by atoms with Gasteiger partial charge in [0.15, 0.2) is 0 Å². The number of rotatable bonds is 6. The van der Waals surface area contributed by atoms with Crippen LogP contribution in [0.25, 0.3) is 0 Å². The monoisotopic (exact) mass is 444 g/mol. The van der Waals surface area contributed by atoms with Gasteiger partial charge >= 0.3 is 0 Å². The van der Waals surface area contributed by atoms with Gasteiger partial charge in [-0.3, -0.25) is 14.4 Å². The van der Waals surface area contributed by atoms with Crippen LogP contribution in [0.2, 0.25) is 0 Å². The van der Waals surface area contributed by atoms with Crippen molar-refractivity contribution in [1.82, 2.24) is 4.57 Å². The molecule has 3 N–H and O–H groups in total. The van der Waals surface area contributed by atoms with Crippen LogP contribution in [0.15, 0.2) is 71.7 Å². The third kappa shape index (κ3) is 5.14. The lowest BCUT2D eigenvalue weighted by molar-refractivity contribution is -0.122. The summed E-state index contributed by atoms with van der Waals surface area (Å²) < 4.78 is 1.55. The molecule has 0 bridgehead atoms. The second kappa shape index (κ2) is 9.73. The fourth-order valence-corrected chi connectivity index (χ4v) is 4.29. The predicted molar refractivity (Wildman–Crippen MR) is 130 cm³/mol. The number of para-hydroxylation sites is 2. The highest BCUT2D eigenvalue weighted by Gasteiger charge is 2.25. The number of piperidine rings is 1. The van der Waals surface area contributed by atoms with Crippen molar-refractivity contribution in [2.45, 2.75) is 26.3 Å². The second-order valence-electron chi connectivity index (χ2n) is 8.48. The number of hydrogen-bond donors (Lipinski definition) is 2. The van der Waals surface area contributed by atoms with Crippen molar-refractivity contribution in [2.24, 2.45) is 11.7 Å². The van der Waals surface area contributed by atoms with E-state index in [-0.39, 0.29) is 22.9 Å². The van der Waals surface area contributed by atoms with Gasteiger partial charge in [-0.15, -0.1) is 0 Å². The molecule has 33 heavy (non-hydrogen) atoms. The van der Waals surface area contributed by atoms with Crippen molar-refractivity contribution >= 4 is 23.2 Å². The quantitative estimate of drug-likeness (QED) is 0.610. The van der Waals surface area contributed by atoms with Gasteiger partial charge in [0.2, 0.25) is 5.91 Å². The van der Waals surface area contributed by atoms with Gasteiger partial charge in [-0.05, 0) is 49.6 Å². The molecule has 0 atom stereocenters. The van der Waals surface area contributed by atoms with Gasteiger partial charge in [0.05, 0.1) is 17.9 Å². The Labute approximate surface area is 192 Å². The van der Waals surface area contributed by atoms with E-state index in [1.165, 1.54) is 0 Å². The molecule has 2 aromatic carbocycles. The number of carbonyl (C=O) groups excluding carboxylic acids is 2. The number of pyridine rings is 1. The Bertz CT molecular complexity index is 1230. The highest BCUT2D eigenvalue weighted by atomic mass is 16.2. The molecule has 2 amide bonds. The molecule has 2 heterocycles. The maximum atomic E-state index is 13.1. The standard InChI is InChI=1S/C26H28N4O3/c1-18-6-4-7-19(16-18)17-30-13-5-8-21(26(30)33)25(32)28-22-9-2-3-10-23(22)29-14-11-20(12-15-29)24(27)31/h2-10,13,16,20H,11-12,14-15,17H2,1H3,(H2,27,31)(H,28,32). The van der Waals surface area contributed by atoms with Crippen LogP contribution >= 0.6 is 0 Å². The maximum absolute atomic E-state index is 13.1.